The number of esters is 1. The van der Waals surface area contributed by atoms with Crippen LogP contribution in [0.4, 0.5) is 8.78 Å². The zero-order chi connectivity index (χ0) is 20.2. The molecule has 0 radical (unpaired) electrons. The van der Waals surface area contributed by atoms with Crippen molar-refractivity contribution in [3.05, 3.63) is 65.2 Å². The molecule has 0 aliphatic carbocycles. The van der Waals surface area contributed by atoms with Gasteiger partial charge < -0.3 is 4.74 Å². The standard InChI is InChI=1S/C19H16F2O5S/c1-12(23)26-11-17(13-3-6-15(7-4-13)27(2,24)25)16(10-22)14-5-8-18(20)19(21)9-14/h3-10H,11H2,1-2H3/b17-16-. The molecule has 2 rings (SSSR count). The summed E-state index contributed by atoms with van der Waals surface area (Å²) in [4.78, 5) is 22.9. The average Bonchev–Trinajstić information content (AvgIpc) is 2.60. The van der Waals surface area contributed by atoms with Gasteiger partial charge >= 0.3 is 5.97 Å². The number of allylic oxidation sites excluding steroid dienone is 1. The fourth-order valence-corrected chi connectivity index (χ4v) is 3.00. The van der Waals surface area contributed by atoms with E-state index in [-0.39, 0.29) is 28.2 Å². The van der Waals surface area contributed by atoms with Gasteiger partial charge in [0, 0.05) is 24.3 Å². The summed E-state index contributed by atoms with van der Waals surface area (Å²) in [6.07, 6.45) is 1.49. The van der Waals surface area contributed by atoms with Crippen LogP contribution < -0.4 is 0 Å². The van der Waals surface area contributed by atoms with Crippen molar-refractivity contribution in [1.82, 2.24) is 0 Å². The Labute approximate surface area is 155 Å². The Balaban J connectivity index is 2.63. The summed E-state index contributed by atoms with van der Waals surface area (Å²) >= 11 is 0. The van der Waals surface area contributed by atoms with Crippen LogP contribution in [0.1, 0.15) is 18.1 Å². The molecule has 0 saturated carbocycles. The van der Waals surface area contributed by atoms with E-state index >= 15 is 0 Å². The minimum Gasteiger partial charge on any atom is -0.461 e. The smallest absolute Gasteiger partial charge is 0.302 e. The number of aldehydes is 1. The predicted octanol–water partition coefficient (Wildman–Crippen LogP) is 3.04. The molecule has 0 aliphatic heterocycles. The van der Waals surface area contributed by atoms with Gasteiger partial charge in [-0.3, -0.25) is 9.59 Å². The molecule has 0 fully saturated rings. The lowest BCUT2D eigenvalue weighted by atomic mass is 9.96. The maximum Gasteiger partial charge on any atom is 0.302 e. The van der Waals surface area contributed by atoms with Crippen molar-refractivity contribution in [3.8, 4) is 0 Å². The van der Waals surface area contributed by atoms with Gasteiger partial charge in [0.25, 0.3) is 0 Å². The number of hydrogen-bond donors (Lipinski definition) is 0. The molecule has 142 valence electrons. The minimum atomic E-state index is -3.42. The molecule has 0 bridgehead atoms. The Kier molecular flexibility index (Phi) is 6.22. The molecule has 5 nitrogen and oxygen atoms in total. The highest BCUT2D eigenvalue weighted by Gasteiger charge is 2.16. The van der Waals surface area contributed by atoms with Crippen molar-refractivity contribution in [1.29, 1.82) is 0 Å². The Hall–Kier alpha value is -2.87. The van der Waals surface area contributed by atoms with Crippen LogP contribution in [0.5, 0.6) is 0 Å². The summed E-state index contributed by atoms with van der Waals surface area (Å²) < 4.78 is 54.9. The molecule has 0 N–H and O–H groups in total. The second kappa shape index (κ2) is 8.22. The Morgan fingerprint density at radius 2 is 1.63 bits per heavy atom. The molecule has 0 atom stereocenters. The quantitative estimate of drug-likeness (QED) is 0.326. The number of ether oxygens (including phenoxy) is 1. The molecule has 0 saturated heterocycles. The Bertz CT molecular complexity index is 1010. The van der Waals surface area contributed by atoms with Gasteiger partial charge in [-0.15, -0.1) is 0 Å². The zero-order valence-electron chi connectivity index (χ0n) is 14.5. The van der Waals surface area contributed by atoms with Gasteiger partial charge in [0.2, 0.25) is 0 Å². The molecule has 0 spiro atoms. The van der Waals surface area contributed by atoms with E-state index < -0.39 is 27.4 Å². The molecule has 0 heterocycles. The van der Waals surface area contributed by atoms with Crippen molar-refractivity contribution >= 4 is 33.2 Å². The van der Waals surface area contributed by atoms with Crippen LogP contribution in [0.3, 0.4) is 0 Å². The third-order valence-electron chi connectivity index (χ3n) is 3.72. The van der Waals surface area contributed by atoms with Crippen molar-refractivity contribution < 1.29 is 31.5 Å². The van der Waals surface area contributed by atoms with E-state index in [2.05, 4.69) is 0 Å². The van der Waals surface area contributed by atoms with Crippen LogP contribution in [0.2, 0.25) is 0 Å². The summed E-state index contributed by atoms with van der Waals surface area (Å²) in [5.41, 5.74) is 0.710. The van der Waals surface area contributed by atoms with E-state index in [1.807, 2.05) is 0 Å². The van der Waals surface area contributed by atoms with Gasteiger partial charge in [-0.1, -0.05) is 18.2 Å². The molecule has 2 aromatic carbocycles. The van der Waals surface area contributed by atoms with E-state index in [1.165, 1.54) is 37.3 Å². The van der Waals surface area contributed by atoms with E-state index in [4.69, 9.17) is 4.74 Å². The Morgan fingerprint density at radius 3 is 2.11 bits per heavy atom. The van der Waals surface area contributed by atoms with Gasteiger partial charge in [-0.05, 0) is 35.4 Å². The monoisotopic (exact) mass is 394 g/mol. The van der Waals surface area contributed by atoms with Crippen LogP contribution in [-0.2, 0) is 24.2 Å². The number of halogens is 2. The maximum absolute atomic E-state index is 13.6. The second-order valence-electron chi connectivity index (χ2n) is 5.72. The largest absolute Gasteiger partial charge is 0.461 e. The molecule has 0 aromatic heterocycles. The van der Waals surface area contributed by atoms with Crippen molar-refractivity contribution in [2.75, 3.05) is 12.9 Å². The molecule has 2 aromatic rings. The first-order valence-electron chi connectivity index (χ1n) is 7.71. The van der Waals surface area contributed by atoms with Gasteiger partial charge in [0.1, 0.15) is 6.61 Å². The fraction of sp³-hybridized carbons (Fsp3) is 0.158. The molecule has 8 heteroatoms. The minimum absolute atomic E-state index is 0.0118. The number of sulfone groups is 1. The molecule has 0 aliphatic rings. The van der Waals surface area contributed by atoms with Gasteiger partial charge in [0.05, 0.1) is 4.90 Å². The van der Waals surface area contributed by atoms with Crippen molar-refractivity contribution in [3.63, 3.8) is 0 Å². The number of hydrogen-bond acceptors (Lipinski definition) is 5. The number of rotatable bonds is 6. The molecular weight excluding hydrogens is 378 g/mol. The summed E-state index contributed by atoms with van der Waals surface area (Å²) in [5.74, 6) is -2.80. The van der Waals surface area contributed by atoms with E-state index in [9.17, 15) is 26.8 Å². The van der Waals surface area contributed by atoms with Crippen LogP contribution in [-0.4, -0.2) is 33.5 Å². The average molecular weight is 394 g/mol. The van der Waals surface area contributed by atoms with Crippen molar-refractivity contribution in [2.45, 2.75) is 11.8 Å². The lowest BCUT2D eigenvalue weighted by Gasteiger charge is -2.13. The number of benzene rings is 2. The lowest BCUT2D eigenvalue weighted by Crippen LogP contribution is -2.07. The van der Waals surface area contributed by atoms with E-state index in [0.29, 0.717) is 11.8 Å². The van der Waals surface area contributed by atoms with E-state index in [1.54, 1.807) is 0 Å². The van der Waals surface area contributed by atoms with E-state index in [0.717, 1.165) is 18.4 Å². The summed E-state index contributed by atoms with van der Waals surface area (Å²) in [7, 11) is -3.42. The second-order valence-corrected chi connectivity index (χ2v) is 7.73. The van der Waals surface area contributed by atoms with Crippen LogP contribution in [0, 0.1) is 11.6 Å². The summed E-state index contributed by atoms with van der Waals surface area (Å²) in [6, 6.07) is 8.53. The zero-order valence-corrected chi connectivity index (χ0v) is 15.3. The SMILES string of the molecule is CC(=O)OC/C(=C(\C=O)c1ccc(F)c(F)c1)c1ccc(S(C)(=O)=O)cc1. The normalized spacial score (nSPS) is 12.3. The first-order chi connectivity index (χ1) is 12.6. The first kappa shape index (κ1) is 20.4. The third kappa shape index (κ3) is 5.07. The third-order valence-corrected chi connectivity index (χ3v) is 4.85. The van der Waals surface area contributed by atoms with Crippen LogP contribution in [0.25, 0.3) is 11.1 Å². The van der Waals surface area contributed by atoms with Gasteiger partial charge in [0.15, 0.2) is 27.8 Å². The van der Waals surface area contributed by atoms with Gasteiger partial charge in [-0.25, -0.2) is 17.2 Å². The highest BCUT2D eigenvalue weighted by atomic mass is 32.2. The number of carbonyl (C=O) groups is 2. The molecular formula is C19H16F2O5S. The highest BCUT2D eigenvalue weighted by Crippen LogP contribution is 2.27. The molecule has 27 heavy (non-hydrogen) atoms. The van der Waals surface area contributed by atoms with Gasteiger partial charge in [-0.2, -0.15) is 0 Å². The Morgan fingerprint density at radius 1 is 1.04 bits per heavy atom. The molecule has 0 unspecified atom stereocenters. The van der Waals surface area contributed by atoms with Crippen LogP contribution in [0.15, 0.2) is 47.4 Å². The highest BCUT2D eigenvalue weighted by molar-refractivity contribution is 7.90. The predicted molar refractivity (Wildman–Crippen MR) is 95.4 cm³/mol. The maximum atomic E-state index is 13.6. The first-order valence-corrected chi connectivity index (χ1v) is 9.60. The molecule has 0 amide bonds. The lowest BCUT2D eigenvalue weighted by molar-refractivity contribution is -0.139. The fourth-order valence-electron chi connectivity index (χ4n) is 2.37. The van der Waals surface area contributed by atoms with Crippen LogP contribution >= 0.6 is 0 Å². The van der Waals surface area contributed by atoms with Crippen molar-refractivity contribution in [2.24, 2.45) is 0 Å². The summed E-state index contributed by atoms with van der Waals surface area (Å²) in [5, 5.41) is 0. The summed E-state index contributed by atoms with van der Waals surface area (Å²) in [6.45, 7) is 0.878. The number of carbonyl (C=O) groups excluding carboxylic acids is 2. The topological polar surface area (TPSA) is 77.5 Å².